The average molecular weight is 788 g/mol. The molecule has 1 aromatic heterocycles. The first-order valence-electron chi connectivity index (χ1n) is 18.6. The predicted octanol–water partition coefficient (Wildman–Crippen LogP) is 7.90. The van der Waals surface area contributed by atoms with Crippen LogP contribution in [0.5, 0.6) is 5.75 Å². The van der Waals surface area contributed by atoms with Gasteiger partial charge in [-0.2, -0.15) is 5.10 Å². The number of benzene rings is 4. The molecule has 1 amide bonds. The van der Waals surface area contributed by atoms with E-state index in [0.717, 1.165) is 52.4 Å². The number of carboxylic acids is 1. The highest BCUT2D eigenvalue weighted by Gasteiger charge is 2.28. The second-order valence-electron chi connectivity index (χ2n) is 14.7. The van der Waals surface area contributed by atoms with Gasteiger partial charge in [0.2, 0.25) is 5.91 Å². The number of anilines is 1. The molecule has 13 heteroatoms. The van der Waals surface area contributed by atoms with Crippen molar-refractivity contribution in [1.29, 1.82) is 0 Å². The highest BCUT2D eigenvalue weighted by Crippen LogP contribution is 2.41. The second-order valence-corrected chi connectivity index (χ2v) is 15.5. The van der Waals surface area contributed by atoms with Crippen LogP contribution in [0.1, 0.15) is 55.2 Å². The number of ether oxygens (including phenoxy) is 1. The molecule has 1 saturated carbocycles. The molecule has 0 bridgehead atoms. The number of carbonyl (C=O) groups is 2. The lowest BCUT2D eigenvalue weighted by Crippen LogP contribution is -2.36. The minimum atomic E-state index is -0.706. The minimum Gasteiger partial charge on any atom is -0.496 e. The zero-order valence-electron chi connectivity index (χ0n) is 30.9. The number of aromatic nitrogens is 2. The summed E-state index contributed by atoms with van der Waals surface area (Å²) in [5.41, 5.74) is 13.2. The smallest absolute Gasteiger partial charge is 0.306 e. The van der Waals surface area contributed by atoms with Gasteiger partial charge in [0.15, 0.2) is 0 Å². The van der Waals surface area contributed by atoms with Crippen LogP contribution in [0, 0.1) is 11.7 Å². The van der Waals surface area contributed by atoms with Crippen LogP contribution in [0.2, 0.25) is 10.0 Å². The van der Waals surface area contributed by atoms with Gasteiger partial charge in [-0.25, -0.2) is 4.39 Å². The molecule has 2 heterocycles. The molecule has 55 heavy (non-hydrogen) atoms. The van der Waals surface area contributed by atoms with Crippen LogP contribution in [0.4, 0.5) is 10.1 Å². The van der Waals surface area contributed by atoms with E-state index in [9.17, 15) is 14.7 Å². The molecule has 1 aliphatic carbocycles. The Hall–Kier alpha value is -4.68. The molecule has 0 spiro atoms. The number of methoxy groups -OCH3 is 1. The zero-order chi connectivity index (χ0) is 38.8. The number of rotatable bonds is 13. The van der Waals surface area contributed by atoms with Crippen molar-refractivity contribution in [2.75, 3.05) is 26.4 Å². The van der Waals surface area contributed by atoms with Gasteiger partial charge >= 0.3 is 5.97 Å². The lowest BCUT2D eigenvalue weighted by Gasteiger charge is -2.33. The third-order valence-corrected chi connectivity index (χ3v) is 11.9. The summed E-state index contributed by atoms with van der Waals surface area (Å²) in [6.45, 7) is 1.80. The van der Waals surface area contributed by atoms with Gasteiger partial charge in [-0.3, -0.25) is 19.2 Å². The summed E-state index contributed by atoms with van der Waals surface area (Å²) in [5.74, 6) is -0.934. The number of nitrogen functional groups attached to an aromatic ring is 1. The molecular formula is C42H45Cl2FN6O4. The van der Waals surface area contributed by atoms with E-state index in [1.54, 1.807) is 6.07 Å². The van der Waals surface area contributed by atoms with Gasteiger partial charge in [-0.1, -0.05) is 53.5 Å². The first-order valence-corrected chi connectivity index (χ1v) is 19.4. The Kier molecular flexibility index (Phi) is 11.6. The normalized spacial score (nSPS) is 18.6. The predicted molar refractivity (Wildman–Crippen MR) is 215 cm³/mol. The van der Waals surface area contributed by atoms with Gasteiger partial charge in [0, 0.05) is 70.9 Å². The summed E-state index contributed by atoms with van der Waals surface area (Å²) in [4.78, 5) is 25.2. The Bertz CT molecular complexity index is 2240. The molecule has 2 fully saturated rings. The van der Waals surface area contributed by atoms with Crippen molar-refractivity contribution in [3.05, 3.63) is 99.4 Å². The van der Waals surface area contributed by atoms with Crippen molar-refractivity contribution in [2.24, 2.45) is 5.92 Å². The van der Waals surface area contributed by atoms with Crippen LogP contribution < -0.4 is 21.1 Å². The highest BCUT2D eigenvalue weighted by molar-refractivity contribution is 6.36. The van der Waals surface area contributed by atoms with Crippen molar-refractivity contribution in [2.45, 2.75) is 70.2 Å². The molecule has 10 nitrogen and oxygen atoms in total. The molecule has 1 aliphatic heterocycles. The maximum absolute atomic E-state index is 15.7. The van der Waals surface area contributed by atoms with Crippen LogP contribution in [0.15, 0.2) is 66.9 Å². The number of hydrogen-bond donors (Lipinski definition) is 4. The second kappa shape index (κ2) is 16.6. The van der Waals surface area contributed by atoms with E-state index in [-0.39, 0.29) is 24.4 Å². The number of fused-ring (bicyclic) bond motifs is 1. The third-order valence-electron chi connectivity index (χ3n) is 11.2. The van der Waals surface area contributed by atoms with Gasteiger partial charge in [0.25, 0.3) is 0 Å². The molecule has 1 atom stereocenters. The van der Waals surface area contributed by atoms with E-state index >= 15 is 4.39 Å². The number of nitrogens with one attached hydrogen (secondary N) is 2. The van der Waals surface area contributed by atoms with E-state index in [0.29, 0.717) is 83.1 Å². The maximum atomic E-state index is 15.7. The van der Waals surface area contributed by atoms with Crippen molar-refractivity contribution >= 4 is 51.7 Å². The van der Waals surface area contributed by atoms with E-state index < -0.39 is 11.8 Å². The molecule has 5 aromatic rings. The monoisotopic (exact) mass is 786 g/mol. The molecule has 4 aromatic carbocycles. The summed E-state index contributed by atoms with van der Waals surface area (Å²) in [7, 11) is 3.57. The van der Waals surface area contributed by atoms with Gasteiger partial charge in [0.1, 0.15) is 11.6 Å². The largest absolute Gasteiger partial charge is 0.496 e. The third kappa shape index (κ3) is 8.30. The Morgan fingerprint density at radius 1 is 1.05 bits per heavy atom. The average Bonchev–Trinajstić information content (AvgIpc) is 3.79. The minimum absolute atomic E-state index is 0.0329. The van der Waals surface area contributed by atoms with Crippen LogP contribution in [-0.2, 0) is 29.2 Å². The fourth-order valence-electron chi connectivity index (χ4n) is 8.01. The topological polar surface area (TPSA) is 135 Å². The zero-order valence-corrected chi connectivity index (χ0v) is 32.4. The van der Waals surface area contributed by atoms with E-state index in [1.807, 2.05) is 59.4 Å². The van der Waals surface area contributed by atoms with Crippen molar-refractivity contribution < 1.29 is 23.8 Å². The van der Waals surface area contributed by atoms with Crippen LogP contribution >= 0.6 is 23.2 Å². The standard InChI is InChI=1S/C42H45Cl2FN6O4/c1-50(29-12-9-24(10-13-29)42(53)54)22-27-15-35(43)26(17-37(27)46)23-51-38-8-4-6-31(33(38)21-48-51)32-7-3-5-30(41(32)44)25-16-36(45)34(39(18-25)55-2)20-47-19-28-11-14-40(52)49-28/h3-8,15-18,21,24,28-29,47H,9-14,19-20,22-23,46H2,1-2H3,(H,49,52)(H,53,54)/t24?,28-,29?/m0/s1. The fourth-order valence-corrected chi connectivity index (χ4v) is 8.59. The number of hydrogen-bond acceptors (Lipinski definition) is 7. The number of carboxylic acid groups (broad SMARTS) is 1. The number of nitrogens with zero attached hydrogens (tertiary/aromatic N) is 3. The van der Waals surface area contributed by atoms with E-state index in [1.165, 1.54) is 13.2 Å². The maximum Gasteiger partial charge on any atom is 0.306 e. The number of nitrogens with two attached hydrogens (primary N) is 1. The van der Waals surface area contributed by atoms with E-state index in [2.05, 4.69) is 22.6 Å². The lowest BCUT2D eigenvalue weighted by atomic mass is 9.85. The van der Waals surface area contributed by atoms with Crippen LogP contribution in [0.3, 0.4) is 0 Å². The Balaban J connectivity index is 1.09. The number of halogens is 3. The van der Waals surface area contributed by atoms with Gasteiger partial charge in [-0.15, -0.1) is 0 Å². The molecule has 0 radical (unpaired) electrons. The highest BCUT2D eigenvalue weighted by atomic mass is 35.5. The number of carbonyl (C=O) groups excluding carboxylic acids is 1. The first kappa shape index (κ1) is 38.6. The quantitative estimate of drug-likeness (QED) is 0.0886. The fraction of sp³-hybridized carbons (Fsp3) is 0.357. The molecule has 288 valence electrons. The SMILES string of the molecule is COc1cc(-c2cccc(-c3cccc4c3cnn4Cc3cc(N)c(CN(C)C4CCC(C(=O)O)CC4)cc3Cl)c2Cl)cc(F)c1CNC[C@@H]1CCC(=O)N1. The molecule has 2 aliphatic rings. The summed E-state index contributed by atoms with van der Waals surface area (Å²) in [5, 5.41) is 22.2. The van der Waals surface area contributed by atoms with Crippen LogP contribution in [0.25, 0.3) is 33.2 Å². The molecular weight excluding hydrogens is 742 g/mol. The first-order chi connectivity index (χ1) is 26.5. The number of aliphatic carboxylic acids is 1. The Labute approximate surface area is 329 Å². The van der Waals surface area contributed by atoms with Crippen LogP contribution in [-0.4, -0.2) is 64.4 Å². The van der Waals surface area contributed by atoms with Crippen molar-refractivity contribution in [3.63, 3.8) is 0 Å². The Morgan fingerprint density at radius 3 is 2.53 bits per heavy atom. The summed E-state index contributed by atoms with van der Waals surface area (Å²) < 4.78 is 23.2. The van der Waals surface area contributed by atoms with Crippen molar-refractivity contribution in [3.8, 4) is 28.0 Å². The van der Waals surface area contributed by atoms with Gasteiger partial charge < -0.3 is 26.2 Å². The summed E-state index contributed by atoms with van der Waals surface area (Å²) in [6, 6.07) is 19.1. The van der Waals surface area contributed by atoms with Gasteiger partial charge in [0.05, 0.1) is 36.3 Å². The number of amides is 1. The lowest BCUT2D eigenvalue weighted by molar-refractivity contribution is -0.143. The molecule has 0 unspecified atom stereocenters. The van der Waals surface area contributed by atoms with E-state index in [4.69, 9.17) is 38.8 Å². The molecule has 5 N–H and O–H groups in total. The molecule has 1 saturated heterocycles. The Morgan fingerprint density at radius 2 is 1.80 bits per heavy atom. The van der Waals surface area contributed by atoms with Crippen molar-refractivity contribution in [1.82, 2.24) is 25.3 Å². The molecule has 7 rings (SSSR count). The van der Waals surface area contributed by atoms with Gasteiger partial charge in [-0.05, 0) is 91.7 Å². The summed E-state index contributed by atoms with van der Waals surface area (Å²) >= 11 is 14.0. The summed E-state index contributed by atoms with van der Waals surface area (Å²) in [6.07, 6.45) is 6.13.